The van der Waals surface area contributed by atoms with Crippen LogP contribution in [0.5, 0.6) is 0 Å². The molecule has 1 N–H and O–H groups in total. The molecule has 1 aromatic carbocycles. The fourth-order valence-corrected chi connectivity index (χ4v) is 1.73. The molecular weight excluding hydrogens is 252 g/mol. The Morgan fingerprint density at radius 1 is 1.39 bits per heavy atom. The Bertz CT molecular complexity index is 600. The van der Waals surface area contributed by atoms with Crippen LogP contribution in [0.4, 0.5) is 0 Å². The van der Waals surface area contributed by atoms with Crippen molar-refractivity contribution in [1.82, 2.24) is 9.55 Å². The molecule has 1 aromatic heterocycles. The van der Waals surface area contributed by atoms with Crippen molar-refractivity contribution in [2.75, 3.05) is 0 Å². The summed E-state index contributed by atoms with van der Waals surface area (Å²) in [6.45, 7) is 0. The summed E-state index contributed by atoms with van der Waals surface area (Å²) < 4.78 is 1.66. The molecule has 5 heteroatoms. The van der Waals surface area contributed by atoms with Crippen molar-refractivity contribution >= 4 is 23.0 Å². The number of Topliss-reactive ketones (excluding diaryl/α,β-unsaturated/α-hetero) is 1. The van der Waals surface area contributed by atoms with E-state index in [1.165, 1.54) is 0 Å². The van der Waals surface area contributed by atoms with E-state index in [1.54, 1.807) is 48.3 Å². The van der Waals surface area contributed by atoms with Crippen LogP contribution >= 0.6 is 11.6 Å². The molecule has 0 saturated heterocycles. The average Bonchev–Trinajstić information content (AvgIpc) is 2.78. The van der Waals surface area contributed by atoms with Gasteiger partial charge in [-0.15, -0.1) is 0 Å². The quantitative estimate of drug-likeness (QED) is 0.526. The second kappa shape index (κ2) is 5.06. The molecule has 0 atom stereocenters. The molecule has 2 aromatic rings. The summed E-state index contributed by atoms with van der Waals surface area (Å²) in [5.74, 6) is 0.112. The summed E-state index contributed by atoms with van der Waals surface area (Å²) in [6.07, 6.45) is 4.04. The lowest BCUT2D eigenvalue weighted by Gasteiger charge is -2.05. The lowest BCUT2D eigenvalue weighted by molar-refractivity contribution is 0.105. The molecule has 0 aliphatic carbocycles. The average molecular weight is 263 g/mol. The number of aliphatic hydroxyl groups is 1. The van der Waals surface area contributed by atoms with E-state index in [4.69, 9.17) is 11.6 Å². The molecular formula is C13H11ClN2O2. The SMILES string of the molecule is Cn1ccnc1/C(=C/O)C(=O)c1ccc(Cl)cc1. The van der Waals surface area contributed by atoms with Crippen LogP contribution in [-0.2, 0) is 7.05 Å². The first-order valence-corrected chi connectivity index (χ1v) is 5.63. The van der Waals surface area contributed by atoms with Crippen molar-refractivity contribution in [3.63, 3.8) is 0 Å². The predicted octanol–water partition coefficient (Wildman–Crippen LogP) is 2.86. The van der Waals surface area contributed by atoms with Gasteiger partial charge in [-0.1, -0.05) is 11.6 Å². The van der Waals surface area contributed by atoms with E-state index in [0.29, 0.717) is 16.4 Å². The Morgan fingerprint density at radius 2 is 2.06 bits per heavy atom. The molecule has 2 rings (SSSR count). The smallest absolute Gasteiger partial charge is 0.199 e. The van der Waals surface area contributed by atoms with Gasteiger partial charge in [0.1, 0.15) is 5.82 Å². The van der Waals surface area contributed by atoms with Gasteiger partial charge in [-0.2, -0.15) is 0 Å². The zero-order valence-electron chi connectivity index (χ0n) is 9.67. The largest absolute Gasteiger partial charge is 0.515 e. The van der Waals surface area contributed by atoms with E-state index >= 15 is 0 Å². The van der Waals surface area contributed by atoms with Crippen LogP contribution in [-0.4, -0.2) is 20.4 Å². The molecule has 18 heavy (non-hydrogen) atoms. The molecule has 0 saturated carbocycles. The van der Waals surface area contributed by atoms with Gasteiger partial charge in [0, 0.05) is 30.0 Å². The first-order valence-electron chi connectivity index (χ1n) is 5.26. The summed E-state index contributed by atoms with van der Waals surface area (Å²) in [5, 5.41) is 9.80. The Hall–Kier alpha value is -2.07. The highest BCUT2D eigenvalue weighted by atomic mass is 35.5. The van der Waals surface area contributed by atoms with Crippen molar-refractivity contribution in [2.45, 2.75) is 0 Å². The van der Waals surface area contributed by atoms with E-state index in [-0.39, 0.29) is 11.4 Å². The molecule has 92 valence electrons. The van der Waals surface area contributed by atoms with Gasteiger partial charge in [0.15, 0.2) is 5.78 Å². The van der Waals surface area contributed by atoms with E-state index in [0.717, 1.165) is 6.26 Å². The molecule has 0 unspecified atom stereocenters. The van der Waals surface area contributed by atoms with Crippen LogP contribution in [0.3, 0.4) is 0 Å². The minimum absolute atomic E-state index is 0.143. The Balaban J connectivity index is 2.38. The number of carbonyl (C=O) groups is 1. The second-order valence-electron chi connectivity index (χ2n) is 3.74. The van der Waals surface area contributed by atoms with E-state index < -0.39 is 0 Å². The van der Waals surface area contributed by atoms with Crippen molar-refractivity contribution in [2.24, 2.45) is 7.05 Å². The zero-order valence-corrected chi connectivity index (χ0v) is 10.4. The van der Waals surface area contributed by atoms with E-state index in [9.17, 15) is 9.90 Å². The van der Waals surface area contributed by atoms with Crippen LogP contribution in [0.25, 0.3) is 5.57 Å². The minimum atomic E-state index is -0.302. The number of carbonyl (C=O) groups excluding carboxylic acids is 1. The van der Waals surface area contributed by atoms with Gasteiger partial charge >= 0.3 is 0 Å². The van der Waals surface area contributed by atoms with Crippen molar-refractivity contribution in [1.29, 1.82) is 0 Å². The van der Waals surface area contributed by atoms with Gasteiger partial charge in [0.2, 0.25) is 0 Å². The molecule has 1 heterocycles. The number of hydrogen-bond donors (Lipinski definition) is 1. The van der Waals surface area contributed by atoms with Crippen molar-refractivity contribution < 1.29 is 9.90 Å². The molecule has 0 fully saturated rings. The first-order chi connectivity index (χ1) is 8.63. The molecule has 0 aliphatic rings. The second-order valence-corrected chi connectivity index (χ2v) is 4.18. The number of nitrogens with zero attached hydrogens (tertiary/aromatic N) is 2. The van der Waals surface area contributed by atoms with Crippen LogP contribution in [0.1, 0.15) is 16.2 Å². The highest BCUT2D eigenvalue weighted by Crippen LogP contribution is 2.19. The summed E-state index contributed by atoms with van der Waals surface area (Å²) in [4.78, 5) is 16.3. The molecule has 0 amide bonds. The zero-order chi connectivity index (χ0) is 13.1. The van der Waals surface area contributed by atoms with Crippen LogP contribution < -0.4 is 0 Å². The number of halogens is 1. The van der Waals surface area contributed by atoms with E-state index in [2.05, 4.69) is 4.98 Å². The number of allylic oxidation sites excluding steroid dienone is 1. The number of benzene rings is 1. The first kappa shape index (κ1) is 12.4. The summed E-state index contributed by atoms with van der Waals surface area (Å²) in [7, 11) is 1.75. The third-order valence-electron chi connectivity index (χ3n) is 2.54. The highest BCUT2D eigenvalue weighted by molar-refractivity contribution is 6.31. The molecule has 4 nitrogen and oxygen atoms in total. The monoisotopic (exact) mass is 262 g/mol. The molecule has 0 bridgehead atoms. The predicted molar refractivity (Wildman–Crippen MR) is 69.6 cm³/mol. The van der Waals surface area contributed by atoms with Gasteiger partial charge in [-0.05, 0) is 24.3 Å². The standard InChI is InChI=1S/C13H11ClN2O2/c1-16-7-6-15-13(16)11(8-17)12(18)9-2-4-10(14)5-3-9/h2-8,17H,1H3/b11-8+. The van der Waals surface area contributed by atoms with Gasteiger partial charge in [0.05, 0.1) is 11.8 Å². The number of imidazole rings is 1. The van der Waals surface area contributed by atoms with Crippen molar-refractivity contribution in [3.8, 4) is 0 Å². The Labute approximate surface area is 109 Å². The number of rotatable bonds is 3. The van der Waals surface area contributed by atoms with Crippen LogP contribution in [0.15, 0.2) is 42.9 Å². The van der Waals surface area contributed by atoms with Crippen molar-refractivity contribution in [3.05, 3.63) is 59.3 Å². The summed E-state index contributed by atoms with van der Waals surface area (Å²) in [5.41, 5.74) is 0.590. The van der Waals surface area contributed by atoms with Crippen LogP contribution in [0.2, 0.25) is 5.02 Å². The topological polar surface area (TPSA) is 55.1 Å². The molecule has 0 radical (unpaired) electrons. The summed E-state index contributed by atoms with van der Waals surface area (Å²) in [6, 6.07) is 6.47. The van der Waals surface area contributed by atoms with Gasteiger partial charge in [-0.25, -0.2) is 4.98 Å². The maximum Gasteiger partial charge on any atom is 0.199 e. The maximum atomic E-state index is 12.2. The normalized spacial score (nSPS) is 11.6. The number of hydrogen-bond acceptors (Lipinski definition) is 3. The molecule has 0 aliphatic heterocycles. The van der Waals surface area contributed by atoms with Gasteiger partial charge in [0.25, 0.3) is 0 Å². The summed E-state index contributed by atoms with van der Waals surface area (Å²) >= 11 is 5.76. The minimum Gasteiger partial charge on any atom is -0.515 e. The fourth-order valence-electron chi connectivity index (χ4n) is 1.60. The number of aryl methyl sites for hydroxylation is 1. The van der Waals surface area contributed by atoms with E-state index in [1.807, 2.05) is 0 Å². The number of aromatic nitrogens is 2. The highest BCUT2D eigenvalue weighted by Gasteiger charge is 2.18. The lowest BCUT2D eigenvalue weighted by Crippen LogP contribution is -2.07. The molecule has 0 spiro atoms. The van der Waals surface area contributed by atoms with Gasteiger partial charge in [-0.3, -0.25) is 4.79 Å². The fraction of sp³-hybridized carbons (Fsp3) is 0.0769. The lowest BCUT2D eigenvalue weighted by atomic mass is 10.0. The van der Waals surface area contributed by atoms with Gasteiger partial charge < -0.3 is 9.67 Å². The number of aliphatic hydroxyl groups excluding tert-OH is 1. The third-order valence-corrected chi connectivity index (χ3v) is 2.79. The maximum absolute atomic E-state index is 12.2. The third kappa shape index (κ3) is 2.28. The Morgan fingerprint density at radius 3 is 2.56 bits per heavy atom. The Kier molecular flexibility index (Phi) is 3.48. The van der Waals surface area contributed by atoms with Crippen LogP contribution in [0, 0.1) is 0 Å². The number of ketones is 1.